The third kappa shape index (κ3) is 7.15. The van der Waals surface area contributed by atoms with Gasteiger partial charge < -0.3 is 20.7 Å². The molecule has 5 heteroatoms. The van der Waals surface area contributed by atoms with Crippen molar-refractivity contribution in [3.05, 3.63) is 59.7 Å². The summed E-state index contributed by atoms with van der Waals surface area (Å²) in [6.07, 6.45) is 2.04. The van der Waals surface area contributed by atoms with Gasteiger partial charge in [-0.1, -0.05) is 31.2 Å². The summed E-state index contributed by atoms with van der Waals surface area (Å²) in [6.45, 7) is 4.43. The molecule has 0 spiro atoms. The summed E-state index contributed by atoms with van der Waals surface area (Å²) >= 11 is 0. The van der Waals surface area contributed by atoms with E-state index >= 15 is 0 Å². The maximum Gasteiger partial charge on any atom is 0.193 e. The smallest absolute Gasteiger partial charge is 0.193 e. The van der Waals surface area contributed by atoms with Crippen LogP contribution in [0.1, 0.15) is 24.5 Å². The predicted molar refractivity (Wildman–Crippen MR) is 110 cm³/mol. The van der Waals surface area contributed by atoms with Gasteiger partial charge in [0, 0.05) is 12.2 Å². The summed E-state index contributed by atoms with van der Waals surface area (Å²) in [5.74, 6) is 1.30. The highest BCUT2D eigenvalue weighted by molar-refractivity contribution is 5.92. The number of ether oxygens (including phenoxy) is 1. The second kappa shape index (κ2) is 10.5. The first-order valence-corrected chi connectivity index (χ1v) is 9.09. The lowest BCUT2D eigenvalue weighted by Gasteiger charge is -2.10. The first kappa shape index (κ1) is 19.8. The molecule has 140 valence electrons. The topological polar surface area (TPSA) is 62.9 Å². The third-order valence-corrected chi connectivity index (χ3v) is 4.01. The summed E-state index contributed by atoms with van der Waals surface area (Å²) in [7, 11) is 4.13. The number of nitrogens with one attached hydrogen (secondary N) is 1. The van der Waals surface area contributed by atoms with E-state index in [9.17, 15) is 0 Å². The molecule has 0 aliphatic carbocycles. The molecular weight excluding hydrogens is 324 g/mol. The van der Waals surface area contributed by atoms with Gasteiger partial charge in [0.1, 0.15) is 5.75 Å². The summed E-state index contributed by atoms with van der Waals surface area (Å²) in [6, 6.07) is 16.2. The largest absolute Gasteiger partial charge is 0.494 e. The van der Waals surface area contributed by atoms with Crippen LogP contribution in [0.4, 0.5) is 5.69 Å². The summed E-state index contributed by atoms with van der Waals surface area (Å²) in [5, 5.41) is 3.12. The molecule has 3 N–H and O–H groups in total. The molecule has 26 heavy (non-hydrogen) atoms. The number of aryl methyl sites for hydroxylation is 1. The highest BCUT2D eigenvalue weighted by Gasteiger charge is 1.99. The molecule has 0 aliphatic rings. The zero-order valence-electron chi connectivity index (χ0n) is 16.0. The van der Waals surface area contributed by atoms with E-state index in [1.807, 2.05) is 36.4 Å². The quantitative estimate of drug-likeness (QED) is 0.411. The van der Waals surface area contributed by atoms with Gasteiger partial charge in [0.05, 0.1) is 13.2 Å². The number of nitrogens with two attached hydrogens (primary N) is 1. The van der Waals surface area contributed by atoms with Gasteiger partial charge in [-0.15, -0.1) is 0 Å². The van der Waals surface area contributed by atoms with E-state index in [-0.39, 0.29) is 0 Å². The van der Waals surface area contributed by atoms with E-state index in [1.54, 1.807) is 0 Å². The fourth-order valence-corrected chi connectivity index (χ4v) is 2.45. The maximum absolute atomic E-state index is 5.97. The minimum atomic E-state index is 0.415. The molecule has 0 aliphatic heterocycles. The van der Waals surface area contributed by atoms with Crippen molar-refractivity contribution < 1.29 is 4.74 Å². The Hall–Kier alpha value is -2.53. The zero-order chi connectivity index (χ0) is 18.8. The monoisotopic (exact) mass is 354 g/mol. The second-order valence-electron chi connectivity index (χ2n) is 6.53. The number of guanidine groups is 1. The summed E-state index contributed by atoms with van der Waals surface area (Å²) < 4.78 is 5.74. The van der Waals surface area contributed by atoms with Crippen molar-refractivity contribution in [3.63, 3.8) is 0 Å². The average molecular weight is 354 g/mol. The Morgan fingerprint density at radius 1 is 1.04 bits per heavy atom. The van der Waals surface area contributed by atoms with Crippen molar-refractivity contribution in [1.82, 2.24) is 4.90 Å². The molecule has 0 fully saturated rings. The van der Waals surface area contributed by atoms with Crippen molar-refractivity contribution in [3.8, 4) is 5.75 Å². The number of anilines is 1. The molecule has 0 atom stereocenters. The van der Waals surface area contributed by atoms with Crippen LogP contribution in [-0.2, 0) is 13.0 Å². The number of aliphatic imine (C=N–C) groups is 1. The number of nitrogens with zero attached hydrogens (tertiary/aromatic N) is 2. The number of benzene rings is 2. The predicted octanol–water partition coefficient (Wildman–Crippen LogP) is 3.51. The van der Waals surface area contributed by atoms with Crippen molar-refractivity contribution in [2.24, 2.45) is 10.7 Å². The summed E-state index contributed by atoms with van der Waals surface area (Å²) in [5.41, 5.74) is 9.31. The SMILES string of the molecule is CCc1ccc(NC(N)=NCc2ccc(OCCCN(C)C)cc2)cc1. The van der Waals surface area contributed by atoms with Crippen molar-refractivity contribution in [1.29, 1.82) is 0 Å². The summed E-state index contributed by atoms with van der Waals surface area (Å²) in [4.78, 5) is 6.55. The lowest BCUT2D eigenvalue weighted by molar-refractivity contribution is 0.281. The molecule has 0 saturated carbocycles. The second-order valence-corrected chi connectivity index (χ2v) is 6.53. The number of rotatable bonds is 9. The van der Waals surface area contributed by atoms with E-state index in [0.29, 0.717) is 12.5 Å². The molecule has 0 radical (unpaired) electrons. The lowest BCUT2D eigenvalue weighted by Crippen LogP contribution is -2.22. The Morgan fingerprint density at radius 2 is 1.69 bits per heavy atom. The Bertz CT molecular complexity index is 678. The molecule has 2 rings (SSSR count). The molecule has 2 aromatic rings. The highest BCUT2D eigenvalue weighted by atomic mass is 16.5. The van der Waals surface area contributed by atoms with Gasteiger partial charge in [-0.2, -0.15) is 0 Å². The Morgan fingerprint density at radius 3 is 2.31 bits per heavy atom. The fraction of sp³-hybridized carbons (Fsp3) is 0.381. The first-order chi connectivity index (χ1) is 12.6. The standard InChI is InChI=1S/C21H30N4O/c1-4-17-6-10-19(11-7-17)24-21(22)23-16-18-8-12-20(13-9-18)26-15-5-14-25(2)3/h6-13H,4-5,14-16H2,1-3H3,(H3,22,23,24). The molecule has 0 amide bonds. The normalized spacial score (nSPS) is 11.6. The van der Waals surface area contributed by atoms with Gasteiger partial charge in [-0.3, -0.25) is 0 Å². The van der Waals surface area contributed by atoms with Crippen LogP contribution in [0.3, 0.4) is 0 Å². The zero-order valence-corrected chi connectivity index (χ0v) is 16.0. The van der Waals surface area contributed by atoms with Crippen LogP contribution >= 0.6 is 0 Å². The van der Waals surface area contributed by atoms with Crippen LogP contribution in [-0.4, -0.2) is 38.1 Å². The van der Waals surface area contributed by atoms with Crippen LogP contribution in [0, 0.1) is 0 Å². The Balaban J connectivity index is 1.79. The number of hydrogen-bond acceptors (Lipinski definition) is 3. The lowest BCUT2D eigenvalue weighted by atomic mass is 10.1. The highest BCUT2D eigenvalue weighted by Crippen LogP contribution is 2.13. The van der Waals surface area contributed by atoms with Crippen LogP contribution in [0.25, 0.3) is 0 Å². The van der Waals surface area contributed by atoms with Crippen molar-refractivity contribution >= 4 is 11.6 Å². The first-order valence-electron chi connectivity index (χ1n) is 9.09. The van der Waals surface area contributed by atoms with Crippen LogP contribution in [0.2, 0.25) is 0 Å². The molecule has 0 aromatic heterocycles. The minimum absolute atomic E-state index is 0.415. The maximum atomic E-state index is 5.97. The van der Waals surface area contributed by atoms with Crippen molar-refractivity contribution in [2.75, 3.05) is 32.6 Å². The third-order valence-electron chi connectivity index (χ3n) is 4.01. The van der Waals surface area contributed by atoms with Crippen molar-refractivity contribution in [2.45, 2.75) is 26.3 Å². The molecule has 2 aromatic carbocycles. The molecule has 0 unspecified atom stereocenters. The van der Waals surface area contributed by atoms with Gasteiger partial charge in [-0.25, -0.2) is 4.99 Å². The molecule has 5 nitrogen and oxygen atoms in total. The van der Waals surface area contributed by atoms with E-state index < -0.39 is 0 Å². The Labute approximate surface area is 156 Å². The van der Waals surface area contributed by atoms with Crippen LogP contribution in [0.5, 0.6) is 5.75 Å². The Kier molecular flexibility index (Phi) is 7.96. The van der Waals surface area contributed by atoms with Gasteiger partial charge in [0.25, 0.3) is 0 Å². The average Bonchev–Trinajstić information content (AvgIpc) is 2.65. The molecular formula is C21H30N4O. The molecule has 0 bridgehead atoms. The van der Waals surface area contributed by atoms with Gasteiger partial charge in [0.2, 0.25) is 0 Å². The number of hydrogen-bond donors (Lipinski definition) is 2. The van der Waals surface area contributed by atoms with E-state index in [2.05, 4.69) is 48.4 Å². The minimum Gasteiger partial charge on any atom is -0.494 e. The van der Waals surface area contributed by atoms with E-state index in [4.69, 9.17) is 10.5 Å². The van der Waals surface area contributed by atoms with E-state index in [1.165, 1.54) is 5.56 Å². The molecule has 0 heterocycles. The van der Waals surface area contributed by atoms with Gasteiger partial charge in [0.15, 0.2) is 5.96 Å². The van der Waals surface area contributed by atoms with Gasteiger partial charge in [-0.05, 0) is 62.3 Å². The van der Waals surface area contributed by atoms with Gasteiger partial charge >= 0.3 is 0 Å². The molecule has 0 saturated heterocycles. The van der Waals surface area contributed by atoms with Crippen LogP contribution in [0.15, 0.2) is 53.5 Å². The van der Waals surface area contributed by atoms with E-state index in [0.717, 1.165) is 43.0 Å². The van der Waals surface area contributed by atoms with Crippen LogP contribution < -0.4 is 15.8 Å². The fourth-order valence-electron chi connectivity index (χ4n) is 2.45.